The highest BCUT2D eigenvalue weighted by molar-refractivity contribution is 6.13. The average Bonchev–Trinajstić information content (AvgIpc) is 3.65. The fourth-order valence-electron chi connectivity index (χ4n) is 8.84. The average molecular weight is 913 g/mol. The zero-order chi connectivity index (χ0) is 48.4. The van der Waals surface area contributed by atoms with Crippen LogP contribution in [0.5, 0.6) is 11.5 Å². The van der Waals surface area contributed by atoms with Crippen molar-refractivity contribution in [2.24, 2.45) is 0 Å². The van der Waals surface area contributed by atoms with Gasteiger partial charge in [0.25, 0.3) is 11.8 Å². The van der Waals surface area contributed by atoms with Crippen LogP contribution in [-0.4, -0.2) is 45.9 Å². The Balaban J connectivity index is 1.00. The number of benzene rings is 8. The van der Waals surface area contributed by atoms with Crippen molar-refractivity contribution in [2.45, 2.75) is 19.3 Å². The predicted octanol–water partition coefficient (Wildman–Crippen LogP) is 11.0. The molecule has 0 atom stereocenters. The van der Waals surface area contributed by atoms with Gasteiger partial charge in [0.1, 0.15) is 11.5 Å². The third kappa shape index (κ3) is 8.73. The number of amides is 2. The molecule has 4 N–H and O–H groups in total. The Labute approximate surface area is 395 Å². The Morgan fingerprint density at radius 2 is 0.812 bits per heavy atom. The third-order valence-electron chi connectivity index (χ3n) is 12.0. The highest BCUT2D eigenvalue weighted by Gasteiger charge is 2.46. The van der Waals surface area contributed by atoms with E-state index in [1.807, 2.05) is 74.5 Å². The molecule has 0 heterocycles. The number of fused-ring (bicyclic) bond motifs is 3. The van der Waals surface area contributed by atoms with Crippen molar-refractivity contribution >= 4 is 47.1 Å². The van der Waals surface area contributed by atoms with E-state index in [4.69, 9.17) is 9.47 Å². The number of hydrogen-bond acceptors (Lipinski definition) is 8. The Hall–Kier alpha value is -9.42. The molecule has 8 aromatic carbocycles. The summed E-state index contributed by atoms with van der Waals surface area (Å²) in [5, 5.41) is 25.1. The zero-order valence-corrected chi connectivity index (χ0v) is 37.0. The van der Waals surface area contributed by atoms with Gasteiger partial charge in [0.15, 0.2) is 0 Å². The third-order valence-corrected chi connectivity index (χ3v) is 12.0. The van der Waals surface area contributed by atoms with E-state index in [9.17, 15) is 39.0 Å². The Morgan fingerprint density at radius 3 is 1.19 bits per heavy atom. The van der Waals surface area contributed by atoms with E-state index in [1.165, 1.54) is 36.4 Å². The summed E-state index contributed by atoms with van der Waals surface area (Å²) in [5.41, 5.74) is 6.38. The number of carbonyl (C=O) groups excluding carboxylic acids is 4. The number of rotatable bonds is 12. The molecule has 8 aromatic rings. The molecule has 9 rings (SSSR count). The molecule has 0 saturated heterocycles. The van der Waals surface area contributed by atoms with Gasteiger partial charge in [-0.05, 0) is 143 Å². The normalized spacial score (nSPS) is 11.9. The number of nitrogens with one attached hydrogen (secondary N) is 2. The fourth-order valence-corrected chi connectivity index (χ4v) is 8.84. The van der Waals surface area contributed by atoms with Crippen molar-refractivity contribution in [1.29, 1.82) is 0 Å². The van der Waals surface area contributed by atoms with Crippen LogP contribution in [0, 0.1) is 13.8 Å². The van der Waals surface area contributed by atoms with Crippen molar-refractivity contribution < 1.29 is 48.5 Å². The summed E-state index contributed by atoms with van der Waals surface area (Å²) in [5.74, 6) is -5.29. The lowest BCUT2D eigenvalue weighted by atomic mass is 9.68. The van der Waals surface area contributed by atoms with Gasteiger partial charge >= 0.3 is 23.9 Å². The van der Waals surface area contributed by atoms with E-state index < -0.39 is 41.1 Å². The molecule has 0 spiro atoms. The van der Waals surface area contributed by atoms with Crippen molar-refractivity contribution in [3.05, 3.63) is 249 Å². The number of aryl methyl sites for hydroxylation is 2. The highest BCUT2D eigenvalue weighted by atomic mass is 16.5. The van der Waals surface area contributed by atoms with Crippen LogP contribution < -0.4 is 20.1 Å². The van der Waals surface area contributed by atoms with Gasteiger partial charge in [-0.3, -0.25) is 9.59 Å². The first-order valence-electron chi connectivity index (χ1n) is 21.7. The predicted molar refractivity (Wildman–Crippen MR) is 259 cm³/mol. The largest absolute Gasteiger partial charge is 0.478 e. The number of esters is 2. The van der Waals surface area contributed by atoms with E-state index >= 15 is 0 Å². The molecule has 0 bridgehead atoms. The quantitative estimate of drug-likeness (QED) is 0.0679. The number of hydrogen-bond donors (Lipinski definition) is 4. The first kappa shape index (κ1) is 44.8. The lowest BCUT2D eigenvalue weighted by Gasteiger charge is -2.34. The first-order chi connectivity index (χ1) is 33.3. The smallest absolute Gasteiger partial charge is 0.343 e. The molecule has 0 saturated carbocycles. The minimum atomic E-state index is -1.33. The van der Waals surface area contributed by atoms with Gasteiger partial charge in [0.05, 0.1) is 38.8 Å². The summed E-state index contributed by atoms with van der Waals surface area (Å²) in [4.78, 5) is 78.1. The molecule has 0 aromatic heterocycles. The molecule has 2 amide bonds. The van der Waals surface area contributed by atoms with Gasteiger partial charge in [-0.15, -0.1) is 0 Å². The topological polar surface area (TPSA) is 185 Å². The van der Waals surface area contributed by atoms with Gasteiger partial charge in [-0.1, -0.05) is 97.1 Å². The van der Waals surface area contributed by atoms with Crippen LogP contribution in [0.1, 0.15) is 95.5 Å². The Morgan fingerprint density at radius 1 is 0.420 bits per heavy atom. The lowest BCUT2D eigenvalue weighted by Crippen LogP contribution is -2.28. The van der Waals surface area contributed by atoms with Crippen LogP contribution >= 0.6 is 0 Å². The Kier molecular flexibility index (Phi) is 12.0. The number of carbonyl (C=O) groups is 6. The summed E-state index contributed by atoms with van der Waals surface area (Å²) < 4.78 is 11.6. The van der Waals surface area contributed by atoms with Crippen molar-refractivity contribution in [1.82, 2.24) is 0 Å². The number of aromatic carboxylic acids is 2. The van der Waals surface area contributed by atoms with Gasteiger partial charge in [0, 0.05) is 11.4 Å². The van der Waals surface area contributed by atoms with E-state index in [2.05, 4.69) is 34.9 Å². The molecular weight excluding hydrogens is 873 g/mol. The Bertz CT molecular complexity index is 3170. The summed E-state index contributed by atoms with van der Waals surface area (Å²) in [6.07, 6.45) is 0. The van der Waals surface area contributed by atoms with E-state index in [1.54, 1.807) is 60.7 Å². The molecule has 1 aliphatic rings. The second kappa shape index (κ2) is 18.5. The van der Waals surface area contributed by atoms with Crippen LogP contribution in [0.4, 0.5) is 11.4 Å². The number of carboxylic acid groups (broad SMARTS) is 2. The number of carboxylic acids is 2. The second-order valence-electron chi connectivity index (χ2n) is 16.4. The van der Waals surface area contributed by atoms with Crippen LogP contribution in [-0.2, 0) is 5.41 Å². The van der Waals surface area contributed by atoms with Crippen LogP contribution in [0.3, 0.4) is 0 Å². The molecule has 0 unspecified atom stereocenters. The standard InChI is InChI=1S/C57H40N2O10/c1-33-9-7-11-39(29-33)58-51(60)47-31-35(17-27-45(47)53(62)63)55(66)68-41-23-19-37(20-24-41)57(49-15-5-3-13-43(49)44-14-4-6-16-50(44)57)38-21-25-42(26-22-38)69-56(67)36-18-28-46(54(64)65)48(32-36)52(61)59-40-12-8-10-34(2)30-40/h3-32H,1-2H3,(H,58,60)(H,59,61)(H,62,63)(H,64,65). The molecule has 12 heteroatoms. The van der Waals surface area contributed by atoms with Crippen LogP contribution in [0.2, 0.25) is 0 Å². The first-order valence-corrected chi connectivity index (χ1v) is 21.7. The van der Waals surface area contributed by atoms with Crippen molar-refractivity contribution in [3.8, 4) is 22.6 Å². The van der Waals surface area contributed by atoms with E-state index in [0.717, 1.165) is 44.5 Å². The van der Waals surface area contributed by atoms with Crippen LogP contribution in [0.15, 0.2) is 182 Å². The fraction of sp³-hybridized carbons (Fsp3) is 0.0526. The minimum absolute atomic E-state index is 0.0317. The van der Waals surface area contributed by atoms with Gasteiger partial charge in [-0.25, -0.2) is 19.2 Å². The summed E-state index contributed by atoms with van der Waals surface area (Å²) in [7, 11) is 0. The summed E-state index contributed by atoms with van der Waals surface area (Å²) >= 11 is 0. The maximum absolute atomic E-state index is 13.6. The van der Waals surface area contributed by atoms with E-state index in [-0.39, 0.29) is 44.9 Å². The SMILES string of the molecule is Cc1cccc(NC(=O)c2cc(C(=O)Oc3ccc(C4(c5ccc(OC(=O)c6ccc(C(=O)O)c(C(=O)Nc7cccc(C)c7)c6)cc5)c5ccccc5-c5ccccc54)cc3)ccc2C(=O)O)c1. The zero-order valence-electron chi connectivity index (χ0n) is 37.0. The lowest BCUT2D eigenvalue weighted by molar-refractivity contribution is 0.0683. The maximum atomic E-state index is 13.6. The number of ether oxygens (including phenoxy) is 2. The van der Waals surface area contributed by atoms with Gasteiger partial charge in [-0.2, -0.15) is 0 Å². The maximum Gasteiger partial charge on any atom is 0.343 e. The van der Waals surface area contributed by atoms with Crippen molar-refractivity contribution in [2.75, 3.05) is 10.6 Å². The van der Waals surface area contributed by atoms with Gasteiger partial charge in [0.2, 0.25) is 0 Å². The second-order valence-corrected chi connectivity index (χ2v) is 16.4. The summed E-state index contributed by atoms with van der Waals surface area (Å²) in [6, 6.07) is 51.6. The van der Waals surface area contributed by atoms with Gasteiger partial charge < -0.3 is 30.3 Å². The molecular formula is C57H40N2O10. The molecule has 12 nitrogen and oxygen atoms in total. The molecule has 0 fully saturated rings. The van der Waals surface area contributed by atoms with Crippen molar-refractivity contribution in [3.63, 3.8) is 0 Å². The summed E-state index contributed by atoms with van der Waals surface area (Å²) in [6.45, 7) is 3.71. The molecule has 338 valence electrons. The highest BCUT2D eigenvalue weighted by Crippen LogP contribution is 2.56. The number of anilines is 2. The molecule has 1 aliphatic carbocycles. The van der Waals surface area contributed by atoms with Crippen LogP contribution in [0.25, 0.3) is 11.1 Å². The molecule has 0 aliphatic heterocycles. The van der Waals surface area contributed by atoms with E-state index in [0.29, 0.717) is 11.4 Å². The molecule has 69 heavy (non-hydrogen) atoms. The monoisotopic (exact) mass is 912 g/mol. The minimum Gasteiger partial charge on any atom is -0.478 e. The molecule has 0 radical (unpaired) electrons.